The Morgan fingerprint density at radius 1 is 1.17 bits per heavy atom. The fourth-order valence-electron chi connectivity index (χ4n) is 1.66. The molecule has 0 aromatic rings. The lowest BCUT2D eigenvalue weighted by Crippen LogP contribution is -2.44. The first-order chi connectivity index (χ1) is 8.41. The van der Waals surface area contributed by atoms with Gasteiger partial charge in [0.25, 0.3) is 0 Å². The topological polar surface area (TPSA) is 72.2 Å². The van der Waals surface area contributed by atoms with E-state index in [-0.39, 0.29) is 11.3 Å². The molecule has 0 saturated heterocycles. The molecule has 0 bridgehead atoms. The molecule has 0 aromatic carbocycles. The molecular formula is C14H28N2O2. The van der Waals surface area contributed by atoms with E-state index in [1.165, 1.54) is 0 Å². The Balaban J connectivity index is 3.73. The molecule has 0 aliphatic carbocycles. The minimum Gasteiger partial charge on any atom is -0.346 e. The van der Waals surface area contributed by atoms with Crippen LogP contribution in [-0.4, -0.2) is 24.8 Å². The highest BCUT2D eigenvalue weighted by molar-refractivity contribution is 5.79. The third kappa shape index (κ3) is 8.23. The van der Waals surface area contributed by atoms with Crippen molar-refractivity contribution in [3.8, 4) is 0 Å². The summed E-state index contributed by atoms with van der Waals surface area (Å²) in [5, 5.41) is 2.78. The predicted octanol–water partition coefficient (Wildman–Crippen LogP) is 2.02. The zero-order chi connectivity index (χ0) is 14.0. The van der Waals surface area contributed by atoms with Gasteiger partial charge < -0.3 is 15.8 Å². The highest BCUT2D eigenvalue weighted by Gasteiger charge is 2.25. The van der Waals surface area contributed by atoms with Gasteiger partial charge in [-0.1, -0.05) is 40.0 Å². The third-order valence-corrected chi connectivity index (χ3v) is 2.99. The number of carbonyl (C=O) groups excluding carboxylic acids is 2. The largest absolute Gasteiger partial charge is 0.346 e. The van der Waals surface area contributed by atoms with Crippen molar-refractivity contribution in [1.29, 1.82) is 0 Å². The summed E-state index contributed by atoms with van der Waals surface area (Å²) in [6.45, 7) is 6.57. The van der Waals surface area contributed by atoms with Crippen molar-refractivity contribution in [3.63, 3.8) is 0 Å². The second-order valence-corrected chi connectivity index (χ2v) is 5.85. The van der Waals surface area contributed by atoms with E-state index in [2.05, 4.69) is 5.32 Å². The second-order valence-electron chi connectivity index (χ2n) is 5.85. The van der Waals surface area contributed by atoms with Crippen molar-refractivity contribution in [2.75, 3.05) is 6.54 Å². The number of nitrogens with one attached hydrogen (secondary N) is 1. The Bertz CT molecular complexity index is 247. The summed E-state index contributed by atoms with van der Waals surface area (Å²) < 4.78 is 0. The minimum atomic E-state index is -0.401. The van der Waals surface area contributed by atoms with Crippen LogP contribution in [0.1, 0.15) is 59.3 Å². The van der Waals surface area contributed by atoms with Crippen molar-refractivity contribution in [2.24, 2.45) is 11.1 Å². The Labute approximate surface area is 111 Å². The molecule has 0 spiro atoms. The van der Waals surface area contributed by atoms with Crippen molar-refractivity contribution >= 4 is 12.2 Å². The lowest BCUT2D eigenvalue weighted by Gasteiger charge is -2.26. The minimum absolute atomic E-state index is 0.0270. The first-order valence-electron chi connectivity index (χ1n) is 6.86. The molecule has 0 radical (unpaired) electrons. The molecule has 1 atom stereocenters. The smallest absolute Gasteiger partial charge is 0.220 e. The first kappa shape index (κ1) is 17.1. The number of aldehydes is 1. The molecule has 18 heavy (non-hydrogen) atoms. The van der Waals surface area contributed by atoms with Crippen molar-refractivity contribution in [1.82, 2.24) is 5.32 Å². The third-order valence-electron chi connectivity index (χ3n) is 2.99. The summed E-state index contributed by atoms with van der Waals surface area (Å²) >= 11 is 0. The van der Waals surface area contributed by atoms with E-state index in [0.717, 1.165) is 44.9 Å². The molecule has 0 aliphatic heterocycles. The van der Waals surface area contributed by atoms with Crippen molar-refractivity contribution < 1.29 is 9.59 Å². The highest BCUT2D eigenvalue weighted by atomic mass is 16.2. The molecule has 0 aliphatic rings. The van der Waals surface area contributed by atoms with Gasteiger partial charge in [0.15, 0.2) is 0 Å². The summed E-state index contributed by atoms with van der Waals surface area (Å²) in [6.07, 6.45) is 6.57. The quantitative estimate of drug-likeness (QED) is 0.489. The van der Waals surface area contributed by atoms with Crippen molar-refractivity contribution in [2.45, 2.75) is 65.3 Å². The molecule has 0 aromatic heterocycles. The predicted molar refractivity (Wildman–Crippen MR) is 74.2 cm³/mol. The molecule has 1 unspecified atom stereocenters. The van der Waals surface area contributed by atoms with E-state index in [9.17, 15) is 9.59 Å². The van der Waals surface area contributed by atoms with Crippen LogP contribution in [0.2, 0.25) is 0 Å². The van der Waals surface area contributed by atoms with Gasteiger partial charge >= 0.3 is 0 Å². The zero-order valence-corrected chi connectivity index (χ0v) is 12.0. The molecule has 0 fully saturated rings. The zero-order valence-electron chi connectivity index (χ0n) is 12.0. The van der Waals surface area contributed by atoms with Crippen LogP contribution in [0.5, 0.6) is 0 Å². The van der Waals surface area contributed by atoms with Crippen LogP contribution in [0.3, 0.4) is 0 Å². The van der Waals surface area contributed by atoms with E-state index >= 15 is 0 Å². The lowest BCUT2D eigenvalue weighted by atomic mass is 9.87. The van der Waals surface area contributed by atoms with Crippen LogP contribution in [0.4, 0.5) is 0 Å². The van der Waals surface area contributed by atoms with E-state index in [1.807, 2.05) is 20.8 Å². The Morgan fingerprint density at radius 3 is 2.22 bits per heavy atom. The molecule has 1 amide bonds. The van der Waals surface area contributed by atoms with Gasteiger partial charge in [-0.3, -0.25) is 4.79 Å². The van der Waals surface area contributed by atoms with Crippen LogP contribution in [-0.2, 0) is 9.59 Å². The Morgan fingerprint density at radius 2 is 1.72 bits per heavy atom. The van der Waals surface area contributed by atoms with E-state index in [1.54, 1.807) is 0 Å². The molecule has 0 rings (SSSR count). The van der Waals surface area contributed by atoms with Crippen molar-refractivity contribution in [3.05, 3.63) is 0 Å². The van der Waals surface area contributed by atoms with E-state index in [4.69, 9.17) is 5.73 Å². The van der Waals surface area contributed by atoms with Gasteiger partial charge in [0.1, 0.15) is 6.29 Å². The van der Waals surface area contributed by atoms with Crippen LogP contribution in [0.25, 0.3) is 0 Å². The SMILES string of the molecule is CC(C)(C)C(C=O)NC(=O)CCCCCCCN. The van der Waals surface area contributed by atoms with Gasteiger partial charge in [0, 0.05) is 6.42 Å². The summed E-state index contributed by atoms with van der Waals surface area (Å²) in [5.41, 5.74) is 5.18. The molecule has 4 heteroatoms. The molecule has 0 heterocycles. The normalized spacial score (nSPS) is 13.1. The number of hydrogen-bond donors (Lipinski definition) is 2. The molecule has 106 valence electrons. The average molecular weight is 256 g/mol. The van der Waals surface area contributed by atoms with E-state index in [0.29, 0.717) is 6.42 Å². The summed E-state index contributed by atoms with van der Waals surface area (Å²) in [7, 11) is 0. The maximum Gasteiger partial charge on any atom is 0.220 e. The Hall–Kier alpha value is -0.900. The summed E-state index contributed by atoms with van der Waals surface area (Å²) in [5.74, 6) is -0.0270. The fourth-order valence-corrected chi connectivity index (χ4v) is 1.66. The number of rotatable bonds is 9. The fraction of sp³-hybridized carbons (Fsp3) is 0.857. The number of unbranched alkanes of at least 4 members (excludes halogenated alkanes) is 4. The number of amides is 1. The highest BCUT2D eigenvalue weighted by Crippen LogP contribution is 2.17. The first-order valence-corrected chi connectivity index (χ1v) is 6.86. The lowest BCUT2D eigenvalue weighted by molar-refractivity contribution is -0.125. The molecule has 4 nitrogen and oxygen atoms in total. The van der Waals surface area contributed by atoms with Gasteiger partial charge in [0.05, 0.1) is 6.04 Å². The van der Waals surface area contributed by atoms with Gasteiger partial charge in [0.2, 0.25) is 5.91 Å². The molecular weight excluding hydrogens is 228 g/mol. The van der Waals surface area contributed by atoms with Gasteiger partial charge in [-0.15, -0.1) is 0 Å². The summed E-state index contributed by atoms with van der Waals surface area (Å²) in [6, 6.07) is -0.401. The van der Waals surface area contributed by atoms with Crippen LogP contribution in [0, 0.1) is 5.41 Å². The number of carbonyl (C=O) groups is 2. The number of nitrogens with two attached hydrogens (primary N) is 1. The molecule has 0 saturated carbocycles. The van der Waals surface area contributed by atoms with Crippen LogP contribution < -0.4 is 11.1 Å². The molecule has 3 N–H and O–H groups in total. The maximum atomic E-state index is 11.7. The van der Waals surface area contributed by atoms with E-state index < -0.39 is 6.04 Å². The van der Waals surface area contributed by atoms with Crippen LogP contribution >= 0.6 is 0 Å². The average Bonchev–Trinajstić information content (AvgIpc) is 2.29. The summed E-state index contributed by atoms with van der Waals surface area (Å²) in [4.78, 5) is 22.6. The maximum absolute atomic E-state index is 11.7. The van der Waals surface area contributed by atoms with Gasteiger partial charge in [-0.05, 0) is 24.8 Å². The van der Waals surface area contributed by atoms with Crippen LogP contribution in [0.15, 0.2) is 0 Å². The Kier molecular flexibility index (Phi) is 8.63. The van der Waals surface area contributed by atoms with Gasteiger partial charge in [-0.25, -0.2) is 0 Å². The number of hydrogen-bond acceptors (Lipinski definition) is 3. The second kappa shape index (κ2) is 9.09. The standard InChI is InChI=1S/C14H28N2O2/c1-14(2,3)12(11-17)16-13(18)9-7-5-4-6-8-10-15/h11-12H,4-10,15H2,1-3H3,(H,16,18). The van der Waals surface area contributed by atoms with Gasteiger partial charge in [-0.2, -0.15) is 0 Å². The monoisotopic (exact) mass is 256 g/mol.